The topological polar surface area (TPSA) is 74.4 Å². The molecule has 0 unspecified atom stereocenters. The van der Waals surface area contributed by atoms with Gasteiger partial charge in [0.25, 0.3) is 5.91 Å². The third-order valence-electron chi connectivity index (χ3n) is 4.98. The molecule has 4 heterocycles. The molecule has 25 heavy (non-hydrogen) atoms. The monoisotopic (exact) mass is 341 g/mol. The summed E-state index contributed by atoms with van der Waals surface area (Å²) >= 11 is 0. The summed E-state index contributed by atoms with van der Waals surface area (Å²) in [5.41, 5.74) is 2.51. The van der Waals surface area contributed by atoms with Gasteiger partial charge in [-0.2, -0.15) is 5.10 Å². The number of pyridine rings is 1. The molecule has 0 aliphatic carbocycles. The summed E-state index contributed by atoms with van der Waals surface area (Å²) in [7, 11) is 0. The summed E-state index contributed by atoms with van der Waals surface area (Å²) in [4.78, 5) is 21.4. The maximum Gasteiger partial charge on any atom is 0.274 e. The van der Waals surface area contributed by atoms with Crippen molar-refractivity contribution in [1.29, 1.82) is 0 Å². The number of hydrogen-bond donors (Lipinski definition) is 1. The SMILES string of the molecule is C[C@@H]1Cc2c(C(=O)N3CCN(c4ccccn4)CC3)n[nH]c2[C@H](C)O1. The highest BCUT2D eigenvalue weighted by molar-refractivity contribution is 5.94. The maximum atomic E-state index is 13.0. The number of fused-ring (bicyclic) bond motifs is 1. The minimum absolute atomic E-state index is 0.0134. The highest BCUT2D eigenvalue weighted by Crippen LogP contribution is 2.30. The largest absolute Gasteiger partial charge is 0.369 e. The van der Waals surface area contributed by atoms with E-state index in [0.29, 0.717) is 18.8 Å². The Bertz CT molecular complexity index is 752. The predicted molar refractivity (Wildman–Crippen MR) is 93.6 cm³/mol. The number of aromatic nitrogens is 3. The fourth-order valence-electron chi connectivity index (χ4n) is 3.68. The molecule has 2 aromatic heterocycles. The van der Waals surface area contributed by atoms with E-state index in [1.807, 2.05) is 36.9 Å². The Morgan fingerprint density at radius 1 is 1.24 bits per heavy atom. The van der Waals surface area contributed by atoms with E-state index >= 15 is 0 Å². The van der Waals surface area contributed by atoms with E-state index in [1.54, 1.807) is 6.20 Å². The number of carbonyl (C=O) groups is 1. The van der Waals surface area contributed by atoms with Gasteiger partial charge in [-0.1, -0.05) is 6.07 Å². The molecule has 1 saturated heterocycles. The number of ether oxygens (including phenoxy) is 1. The second-order valence-electron chi connectivity index (χ2n) is 6.72. The van der Waals surface area contributed by atoms with Crippen LogP contribution < -0.4 is 4.90 Å². The molecule has 0 radical (unpaired) electrons. The van der Waals surface area contributed by atoms with Crippen LogP contribution in [0.3, 0.4) is 0 Å². The predicted octanol–water partition coefficient (Wildman–Crippen LogP) is 1.79. The van der Waals surface area contributed by atoms with Crippen molar-refractivity contribution in [3.05, 3.63) is 41.3 Å². The zero-order chi connectivity index (χ0) is 17.4. The first-order valence-electron chi connectivity index (χ1n) is 8.81. The van der Waals surface area contributed by atoms with E-state index in [2.05, 4.69) is 20.1 Å². The van der Waals surface area contributed by atoms with Gasteiger partial charge in [0.2, 0.25) is 0 Å². The summed E-state index contributed by atoms with van der Waals surface area (Å²) in [5, 5.41) is 7.32. The van der Waals surface area contributed by atoms with Crippen molar-refractivity contribution in [3.8, 4) is 0 Å². The van der Waals surface area contributed by atoms with Crippen LogP contribution in [0.15, 0.2) is 24.4 Å². The standard InChI is InChI=1S/C18H23N5O2/c1-12-11-14-16(13(2)25-12)20-21-17(14)18(24)23-9-7-22(8-10-23)15-5-3-4-6-19-15/h3-6,12-13H,7-11H2,1-2H3,(H,20,21)/t12-,13+/m1/s1. The van der Waals surface area contributed by atoms with Crippen LogP contribution in [0.5, 0.6) is 0 Å². The summed E-state index contributed by atoms with van der Waals surface area (Å²) < 4.78 is 5.80. The molecule has 0 spiro atoms. The molecular formula is C18H23N5O2. The van der Waals surface area contributed by atoms with Crippen molar-refractivity contribution >= 4 is 11.7 Å². The molecular weight excluding hydrogens is 318 g/mol. The Balaban J connectivity index is 1.47. The summed E-state index contributed by atoms with van der Waals surface area (Å²) in [6.45, 7) is 6.95. The third-order valence-corrected chi connectivity index (χ3v) is 4.98. The number of piperazine rings is 1. The van der Waals surface area contributed by atoms with Crippen LogP contribution in [0.2, 0.25) is 0 Å². The lowest BCUT2D eigenvalue weighted by Crippen LogP contribution is -2.49. The van der Waals surface area contributed by atoms with Crippen molar-refractivity contribution in [1.82, 2.24) is 20.1 Å². The van der Waals surface area contributed by atoms with E-state index in [0.717, 1.165) is 36.6 Å². The molecule has 0 aromatic carbocycles. The van der Waals surface area contributed by atoms with Crippen LogP contribution in [0.4, 0.5) is 5.82 Å². The molecule has 1 amide bonds. The Labute approximate surface area is 147 Å². The lowest BCUT2D eigenvalue weighted by molar-refractivity contribution is -0.00702. The maximum absolute atomic E-state index is 13.0. The summed E-state index contributed by atoms with van der Waals surface area (Å²) in [6.07, 6.45) is 2.58. The Morgan fingerprint density at radius 3 is 2.76 bits per heavy atom. The van der Waals surface area contributed by atoms with E-state index in [4.69, 9.17) is 4.74 Å². The van der Waals surface area contributed by atoms with Crippen LogP contribution in [0.1, 0.15) is 41.7 Å². The van der Waals surface area contributed by atoms with Gasteiger partial charge in [-0.3, -0.25) is 9.89 Å². The van der Waals surface area contributed by atoms with Gasteiger partial charge in [-0.25, -0.2) is 4.98 Å². The van der Waals surface area contributed by atoms with E-state index < -0.39 is 0 Å². The van der Waals surface area contributed by atoms with Crippen molar-refractivity contribution in [2.24, 2.45) is 0 Å². The van der Waals surface area contributed by atoms with Crippen LogP contribution >= 0.6 is 0 Å². The minimum atomic E-state index is -0.0474. The quantitative estimate of drug-likeness (QED) is 0.901. The van der Waals surface area contributed by atoms with E-state index in [1.165, 1.54) is 0 Å². The van der Waals surface area contributed by atoms with Gasteiger partial charge >= 0.3 is 0 Å². The molecule has 2 aliphatic rings. The smallest absolute Gasteiger partial charge is 0.274 e. The molecule has 1 N–H and O–H groups in total. The van der Waals surface area contributed by atoms with Gasteiger partial charge in [0.05, 0.1) is 17.9 Å². The fourth-order valence-corrected chi connectivity index (χ4v) is 3.68. The van der Waals surface area contributed by atoms with Crippen molar-refractivity contribution in [2.45, 2.75) is 32.5 Å². The lowest BCUT2D eigenvalue weighted by Gasteiger charge is -2.35. The lowest BCUT2D eigenvalue weighted by atomic mass is 9.99. The second-order valence-corrected chi connectivity index (χ2v) is 6.72. The first kappa shape index (κ1) is 16.1. The number of aromatic amines is 1. The molecule has 2 atom stereocenters. The van der Waals surface area contributed by atoms with Crippen LogP contribution in [-0.2, 0) is 11.2 Å². The summed E-state index contributed by atoms with van der Waals surface area (Å²) in [6, 6.07) is 5.90. The average molecular weight is 341 g/mol. The Morgan fingerprint density at radius 2 is 2.04 bits per heavy atom. The zero-order valence-corrected chi connectivity index (χ0v) is 14.6. The molecule has 0 saturated carbocycles. The molecule has 1 fully saturated rings. The number of anilines is 1. The van der Waals surface area contributed by atoms with Gasteiger partial charge in [0, 0.05) is 44.4 Å². The Kier molecular flexibility index (Phi) is 4.17. The molecule has 0 bridgehead atoms. The Hall–Kier alpha value is -2.41. The minimum Gasteiger partial charge on any atom is -0.369 e. The number of hydrogen-bond acceptors (Lipinski definition) is 5. The van der Waals surface area contributed by atoms with E-state index in [9.17, 15) is 4.79 Å². The van der Waals surface area contributed by atoms with Crippen LogP contribution in [-0.4, -0.2) is 58.3 Å². The molecule has 7 heteroatoms. The first-order chi connectivity index (χ1) is 12.1. The molecule has 7 nitrogen and oxygen atoms in total. The van der Waals surface area contributed by atoms with Crippen molar-refractivity contribution in [2.75, 3.05) is 31.1 Å². The van der Waals surface area contributed by atoms with Crippen molar-refractivity contribution < 1.29 is 9.53 Å². The number of nitrogens with one attached hydrogen (secondary N) is 1. The normalized spacial score (nSPS) is 23.4. The van der Waals surface area contributed by atoms with Crippen molar-refractivity contribution in [3.63, 3.8) is 0 Å². The van der Waals surface area contributed by atoms with Gasteiger partial charge in [0.1, 0.15) is 5.82 Å². The second kappa shape index (κ2) is 6.48. The number of rotatable bonds is 2. The highest BCUT2D eigenvalue weighted by Gasteiger charge is 2.32. The fraction of sp³-hybridized carbons (Fsp3) is 0.500. The first-order valence-corrected chi connectivity index (χ1v) is 8.81. The van der Waals surface area contributed by atoms with E-state index in [-0.39, 0.29) is 18.1 Å². The van der Waals surface area contributed by atoms with Gasteiger partial charge in [-0.15, -0.1) is 0 Å². The number of nitrogens with zero attached hydrogens (tertiary/aromatic N) is 4. The third kappa shape index (κ3) is 3.00. The highest BCUT2D eigenvalue weighted by atomic mass is 16.5. The summed E-state index contributed by atoms with van der Waals surface area (Å²) in [5.74, 6) is 0.978. The van der Waals surface area contributed by atoms with Gasteiger partial charge < -0.3 is 14.5 Å². The van der Waals surface area contributed by atoms with Gasteiger partial charge in [0.15, 0.2) is 5.69 Å². The van der Waals surface area contributed by atoms with Crippen LogP contribution in [0.25, 0.3) is 0 Å². The van der Waals surface area contributed by atoms with Gasteiger partial charge in [-0.05, 0) is 26.0 Å². The van der Waals surface area contributed by atoms with Crippen LogP contribution in [0, 0.1) is 0 Å². The molecule has 2 aromatic rings. The number of H-pyrrole nitrogens is 1. The molecule has 132 valence electrons. The number of amides is 1. The number of carbonyl (C=O) groups excluding carboxylic acids is 1. The molecule has 4 rings (SSSR count). The average Bonchev–Trinajstić information content (AvgIpc) is 3.06. The molecule has 2 aliphatic heterocycles. The zero-order valence-electron chi connectivity index (χ0n) is 14.6.